The normalized spacial score (nSPS) is 9.43. The SMILES string of the molecule is N#CCC(=O)NCCc1ccc(Br)s1. The number of halogens is 1. The molecule has 1 N–H and O–H groups in total. The third-order valence-electron chi connectivity index (χ3n) is 1.56. The van der Waals surface area contributed by atoms with Crippen LogP contribution in [0.25, 0.3) is 0 Å². The molecule has 0 unspecified atom stereocenters. The molecule has 14 heavy (non-hydrogen) atoms. The van der Waals surface area contributed by atoms with E-state index in [9.17, 15) is 4.79 Å². The van der Waals surface area contributed by atoms with E-state index in [0.29, 0.717) is 6.54 Å². The molecule has 0 spiro atoms. The summed E-state index contributed by atoms with van der Waals surface area (Å²) < 4.78 is 1.09. The molecule has 5 heteroatoms. The Labute approximate surface area is 94.9 Å². The molecule has 1 aromatic heterocycles. The number of nitriles is 1. The summed E-state index contributed by atoms with van der Waals surface area (Å²) in [5, 5.41) is 10.9. The Bertz CT molecular complexity index is 356. The molecule has 0 saturated heterocycles. The van der Waals surface area contributed by atoms with Crippen molar-refractivity contribution in [2.75, 3.05) is 6.54 Å². The second kappa shape index (κ2) is 5.78. The molecular formula is C9H9BrN2OS. The zero-order chi connectivity index (χ0) is 10.4. The van der Waals surface area contributed by atoms with Crippen molar-refractivity contribution >= 4 is 33.2 Å². The van der Waals surface area contributed by atoms with Crippen LogP contribution < -0.4 is 5.32 Å². The Morgan fingerprint density at radius 3 is 3.00 bits per heavy atom. The summed E-state index contributed by atoms with van der Waals surface area (Å²) in [6, 6.07) is 5.81. The Morgan fingerprint density at radius 1 is 1.64 bits per heavy atom. The second-order valence-corrected chi connectivity index (χ2v) is 5.19. The van der Waals surface area contributed by atoms with Gasteiger partial charge in [0.1, 0.15) is 6.42 Å². The number of carbonyl (C=O) groups excluding carboxylic acids is 1. The van der Waals surface area contributed by atoms with E-state index >= 15 is 0 Å². The van der Waals surface area contributed by atoms with Crippen molar-refractivity contribution in [3.63, 3.8) is 0 Å². The first kappa shape index (κ1) is 11.2. The maximum Gasteiger partial charge on any atom is 0.234 e. The first-order chi connectivity index (χ1) is 6.72. The smallest absolute Gasteiger partial charge is 0.234 e. The minimum Gasteiger partial charge on any atom is -0.355 e. The lowest BCUT2D eigenvalue weighted by atomic mass is 10.3. The van der Waals surface area contributed by atoms with Gasteiger partial charge in [-0.1, -0.05) is 0 Å². The summed E-state index contributed by atoms with van der Waals surface area (Å²) >= 11 is 5.02. The molecule has 0 bridgehead atoms. The molecule has 0 aromatic carbocycles. The molecule has 0 radical (unpaired) electrons. The van der Waals surface area contributed by atoms with Crippen LogP contribution in [0.3, 0.4) is 0 Å². The Balaban J connectivity index is 2.22. The molecule has 1 amide bonds. The first-order valence-corrected chi connectivity index (χ1v) is 5.71. The maximum atomic E-state index is 10.9. The number of rotatable bonds is 4. The minimum atomic E-state index is -0.205. The minimum absolute atomic E-state index is 0.0614. The van der Waals surface area contributed by atoms with Crippen molar-refractivity contribution in [1.29, 1.82) is 5.26 Å². The second-order valence-electron chi connectivity index (χ2n) is 2.64. The van der Waals surface area contributed by atoms with Gasteiger partial charge < -0.3 is 5.32 Å². The summed E-state index contributed by atoms with van der Waals surface area (Å²) in [5.74, 6) is -0.205. The van der Waals surface area contributed by atoms with Crippen LogP contribution in [-0.4, -0.2) is 12.5 Å². The van der Waals surface area contributed by atoms with E-state index < -0.39 is 0 Å². The number of nitrogens with zero attached hydrogens (tertiary/aromatic N) is 1. The number of amides is 1. The first-order valence-electron chi connectivity index (χ1n) is 4.10. The highest BCUT2D eigenvalue weighted by atomic mass is 79.9. The van der Waals surface area contributed by atoms with E-state index in [1.807, 2.05) is 12.1 Å². The van der Waals surface area contributed by atoms with E-state index in [1.165, 1.54) is 4.88 Å². The van der Waals surface area contributed by atoms with E-state index in [-0.39, 0.29) is 12.3 Å². The summed E-state index contributed by atoms with van der Waals surface area (Å²) in [6.07, 6.45) is 0.752. The molecule has 0 aliphatic heterocycles. The molecular weight excluding hydrogens is 264 g/mol. The van der Waals surface area contributed by atoms with Crippen molar-refractivity contribution < 1.29 is 4.79 Å². The predicted octanol–water partition coefficient (Wildman–Crippen LogP) is 2.08. The zero-order valence-corrected chi connectivity index (χ0v) is 9.82. The van der Waals surface area contributed by atoms with Crippen molar-refractivity contribution in [3.8, 4) is 6.07 Å². The monoisotopic (exact) mass is 272 g/mol. The lowest BCUT2D eigenvalue weighted by Gasteiger charge is -1.99. The van der Waals surface area contributed by atoms with Gasteiger partial charge >= 0.3 is 0 Å². The maximum absolute atomic E-state index is 10.9. The van der Waals surface area contributed by atoms with Crippen LogP contribution in [0.5, 0.6) is 0 Å². The third-order valence-corrected chi connectivity index (χ3v) is 3.25. The zero-order valence-electron chi connectivity index (χ0n) is 7.42. The number of nitrogens with one attached hydrogen (secondary N) is 1. The molecule has 1 heterocycles. The molecule has 0 aliphatic carbocycles. The molecule has 0 atom stereocenters. The summed E-state index contributed by atoms with van der Waals surface area (Å²) in [4.78, 5) is 12.1. The number of hydrogen-bond acceptors (Lipinski definition) is 3. The van der Waals surface area contributed by atoms with Crippen molar-refractivity contribution in [1.82, 2.24) is 5.32 Å². The van der Waals surface area contributed by atoms with Crippen LogP contribution in [-0.2, 0) is 11.2 Å². The molecule has 1 aromatic rings. The number of thiophene rings is 1. The van der Waals surface area contributed by atoms with Gasteiger partial charge in [0.05, 0.1) is 9.86 Å². The molecule has 1 rings (SSSR count). The average molecular weight is 273 g/mol. The summed E-state index contributed by atoms with van der Waals surface area (Å²) in [5.41, 5.74) is 0. The lowest BCUT2D eigenvalue weighted by Crippen LogP contribution is -2.24. The largest absolute Gasteiger partial charge is 0.355 e. The van der Waals surface area contributed by atoms with Crippen LogP contribution in [0.1, 0.15) is 11.3 Å². The topological polar surface area (TPSA) is 52.9 Å². The van der Waals surface area contributed by atoms with E-state index in [4.69, 9.17) is 5.26 Å². The fourth-order valence-corrected chi connectivity index (χ4v) is 2.43. The molecule has 3 nitrogen and oxygen atoms in total. The average Bonchev–Trinajstić information content (AvgIpc) is 2.52. The van der Waals surface area contributed by atoms with E-state index in [0.717, 1.165) is 10.2 Å². The predicted molar refractivity (Wildman–Crippen MR) is 59.0 cm³/mol. The number of hydrogen-bond donors (Lipinski definition) is 1. The van der Waals surface area contributed by atoms with Crippen LogP contribution in [0.15, 0.2) is 15.9 Å². The van der Waals surface area contributed by atoms with Crippen molar-refractivity contribution in [2.45, 2.75) is 12.8 Å². The lowest BCUT2D eigenvalue weighted by molar-refractivity contribution is -0.120. The van der Waals surface area contributed by atoms with Gasteiger partial charge in [0.25, 0.3) is 0 Å². The Hall–Kier alpha value is -0.860. The highest BCUT2D eigenvalue weighted by molar-refractivity contribution is 9.11. The molecule has 0 fully saturated rings. The van der Waals surface area contributed by atoms with Crippen LogP contribution in [0, 0.1) is 11.3 Å². The van der Waals surface area contributed by atoms with Crippen LogP contribution >= 0.6 is 27.3 Å². The quantitative estimate of drug-likeness (QED) is 0.913. The standard InChI is InChI=1S/C9H9BrN2OS/c10-8-2-1-7(14-8)4-6-12-9(13)3-5-11/h1-2H,3-4,6H2,(H,12,13). The van der Waals surface area contributed by atoms with E-state index in [1.54, 1.807) is 17.4 Å². The third kappa shape index (κ3) is 3.90. The fourth-order valence-electron chi connectivity index (χ4n) is 0.946. The van der Waals surface area contributed by atoms with E-state index in [2.05, 4.69) is 21.2 Å². The van der Waals surface area contributed by atoms with Gasteiger partial charge in [0.15, 0.2) is 0 Å². The Kier molecular flexibility index (Phi) is 4.63. The van der Waals surface area contributed by atoms with Crippen LogP contribution in [0.4, 0.5) is 0 Å². The molecule has 74 valence electrons. The fraction of sp³-hybridized carbons (Fsp3) is 0.333. The van der Waals surface area contributed by atoms with Gasteiger partial charge in [0.2, 0.25) is 5.91 Å². The van der Waals surface area contributed by atoms with Crippen molar-refractivity contribution in [3.05, 3.63) is 20.8 Å². The van der Waals surface area contributed by atoms with Gasteiger partial charge in [-0.25, -0.2) is 0 Å². The summed E-state index contributed by atoms with van der Waals surface area (Å²) in [6.45, 7) is 0.591. The van der Waals surface area contributed by atoms with Gasteiger partial charge in [0, 0.05) is 11.4 Å². The number of carbonyl (C=O) groups is 1. The van der Waals surface area contributed by atoms with Gasteiger partial charge in [-0.05, 0) is 34.5 Å². The van der Waals surface area contributed by atoms with Gasteiger partial charge in [-0.15, -0.1) is 11.3 Å². The molecule has 0 aliphatic rings. The van der Waals surface area contributed by atoms with Crippen molar-refractivity contribution in [2.24, 2.45) is 0 Å². The highest BCUT2D eigenvalue weighted by Gasteiger charge is 2.00. The summed E-state index contributed by atoms with van der Waals surface area (Å²) in [7, 11) is 0. The highest BCUT2D eigenvalue weighted by Crippen LogP contribution is 2.21. The van der Waals surface area contributed by atoms with Gasteiger partial charge in [-0.3, -0.25) is 4.79 Å². The Morgan fingerprint density at radius 2 is 2.43 bits per heavy atom. The van der Waals surface area contributed by atoms with Gasteiger partial charge in [-0.2, -0.15) is 5.26 Å². The van der Waals surface area contributed by atoms with Crippen LogP contribution in [0.2, 0.25) is 0 Å². The molecule has 0 saturated carbocycles.